The van der Waals surface area contributed by atoms with E-state index in [0.29, 0.717) is 72.1 Å². The molecule has 0 saturated heterocycles. The number of ether oxygens (including phenoxy) is 4. The van der Waals surface area contributed by atoms with E-state index in [-0.39, 0.29) is 54.8 Å². The van der Waals surface area contributed by atoms with Gasteiger partial charge in [0, 0.05) is 45.3 Å². The molecule has 0 aliphatic heterocycles. The van der Waals surface area contributed by atoms with Crippen LogP contribution in [-0.4, -0.2) is 113 Å². The van der Waals surface area contributed by atoms with Crippen molar-refractivity contribution in [3.8, 4) is 0 Å². The number of Topliss-reactive ketones (excluding diaryl/α,β-unsaturated/α-hetero) is 2. The third kappa shape index (κ3) is 18.4. The Labute approximate surface area is 216 Å². The lowest BCUT2D eigenvalue weighted by atomic mass is 10.0. The van der Waals surface area contributed by atoms with E-state index in [1.807, 2.05) is 27.7 Å². The quantitative estimate of drug-likeness (QED) is 0.190. The number of carbonyl (C=O) groups excluding carboxylic acids is 4. The molecule has 0 bridgehead atoms. The molecule has 10 nitrogen and oxygen atoms in total. The van der Waals surface area contributed by atoms with Crippen molar-refractivity contribution in [2.75, 3.05) is 80.0 Å². The largest absolute Gasteiger partial charge is 0.379 e. The summed E-state index contributed by atoms with van der Waals surface area (Å²) in [5.41, 5.74) is 0. The van der Waals surface area contributed by atoms with Gasteiger partial charge in [0.15, 0.2) is 5.78 Å². The van der Waals surface area contributed by atoms with Gasteiger partial charge < -0.3 is 28.7 Å². The minimum Gasteiger partial charge on any atom is -0.379 e. The molecule has 210 valence electrons. The van der Waals surface area contributed by atoms with Gasteiger partial charge in [0.25, 0.3) is 0 Å². The summed E-state index contributed by atoms with van der Waals surface area (Å²) < 4.78 is 21.7. The second-order valence-electron chi connectivity index (χ2n) is 9.36. The van der Waals surface area contributed by atoms with Gasteiger partial charge >= 0.3 is 0 Å². The fourth-order valence-electron chi connectivity index (χ4n) is 2.84. The second kappa shape index (κ2) is 21.2. The van der Waals surface area contributed by atoms with Gasteiger partial charge in [-0.05, 0) is 6.42 Å². The third-order valence-corrected chi connectivity index (χ3v) is 5.49. The van der Waals surface area contributed by atoms with Crippen molar-refractivity contribution in [2.24, 2.45) is 11.8 Å². The Morgan fingerprint density at radius 1 is 0.556 bits per heavy atom. The van der Waals surface area contributed by atoms with Gasteiger partial charge in [-0.25, -0.2) is 0 Å². The predicted molar refractivity (Wildman–Crippen MR) is 137 cm³/mol. The summed E-state index contributed by atoms with van der Waals surface area (Å²) >= 11 is 0. The predicted octanol–water partition coefficient (Wildman–Crippen LogP) is 1.98. The first-order valence-electron chi connectivity index (χ1n) is 12.9. The number of ketones is 2. The molecule has 36 heavy (non-hydrogen) atoms. The zero-order chi connectivity index (χ0) is 27.3. The van der Waals surface area contributed by atoms with E-state index < -0.39 is 0 Å². The Bertz CT molecular complexity index is 639. The van der Waals surface area contributed by atoms with E-state index in [1.54, 1.807) is 19.0 Å². The molecule has 10 heteroatoms. The van der Waals surface area contributed by atoms with Crippen LogP contribution in [0.25, 0.3) is 0 Å². The first-order valence-corrected chi connectivity index (χ1v) is 12.9. The van der Waals surface area contributed by atoms with Gasteiger partial charge in [0.1, 0.15) is 5.78 Å². The topological polar surface area (TPSA) is 112 Å². The summed E-state index contributed by atoms with van der Waals surface area (Å²) in [5, 5.41) is 0. The first kappa shape index (κ1) is 34.1. The molecule has 0 spiro atoms. The van der Waals surface area contributed by atoms with Crippen LogP contribution in [0.4, 0.5) is 0 Å². The Hall–Kier alpha value is -1.88. The number of rotatable bonds is 23. The van der Waals surface area contributed by atoms with Gasteiger partial charge in [0.2, 0.25) is 11.8 Å². The molecule has 2 amide bonds. The van der Waals surface area contributed by atoms with E-state index >= 15 is 0 Å². The van der Waals surface area contributed by atoms with Gasteiger partial charge in [-0.15, -0.1) is 0 Å². The highest BCUT2D eigenvalue weighted by atomic mass is 16.6. The Morgan fingerprint density at radius 3 is 1.50 bits per heavy atom. The average molecular weight is 517 g/mol. The van der Waals surface area contributed by atoms with Crippen molar-refractivity contribution < 1.29 is 38.1 Å². The molecule has 0 unspecified atom stereocenters. The maximum atomic E-state index is 12.0. The Morgan fingerprint density at radius 2 is 1.00 bits per heavy atom. The molecule has 0 fully saturated rings. The van der Waals surface area contributed by atoms with Crippen molar-refractivity contribution in [1.82, 2.24) is 9.80 Å². The summed E-state index contributed by atoms with van der Waals surface area (Å²) in [7, 11) is 3.36. The van der Waals surface area contributed by atoms with E-state index in [2.05, 4.69) is 0 Å². The standard InChI is InChI=1S/C26H48N2O8/c1-21(2)23(29)8-7-9-25(31)27(5)11-13-34-15-17-36-19-18-35-16-14-33-12-10-26(32)28(6)20-24(30)22(3)4/h21-22H,7-20H2,1-6H3. The van der Waals surface area contributed by atoms with Gasteiger partial charge in [-0.2, -0.15) is 0 Å². The molecular weight excluding hydrogens is 468 g/mol. The third-order valence-electron chi connectivity index (χ3n) is 5.49. The normalized spacial score (nSPS) is 11.2. The number of likely N-dealkylation sites (N-methyl/N-ethyl adjacent to an activating group) is 2. The summed E-state index contributed by atoms with van der Waals surface area (Å²) in [4.78, 5) is 50.3. The highest BCUT2D eigenvalue weighted by Crippen LogP contribution is 2.05. The molecule has 0 aliphatic rings. The highest BCUT2D eigenvalue weighted by molar-refractivity contribution is 5.87. The molecule has 0 aromatic carbocycles. The number of hydrogen-bond donors (Lipinski definition) is 0. The zero-order valence-electron chi connectivity index (χ0n) is 23.2. The summed E-state index contributed by atoms with van der Waals surface area (Å²) in [6.45, 7) is 11.2. The van der Waals surface area contributed by atoms with Crippen LogP contribution in [0.3, 0.4) is 0 Å². The lowest BCUT2D eigenvalue weighted by molar-refractivity contribution is -0.135. The van der Waals surface area contributed by atoms with E-state index in [1.165, 1.54) is 4.90 Å². The minimum atomic E-state index is -0.117. The lowest BCUT2D eigenvalue weighted by Crippen LogP contribution is -2.34. The van der Waals surface area contributed by atoms with Crippen LogP contribution in [0.5, 0.6) is 0 Å². The van der Waals surface area contributed by atoms with Crippen molar-refractivity contribution in [1.29, 1.82) is 0 Å². The van der Waals surface area contributed by atoms with Crippen molar-refractivity contribution in [2.45, 2.75) is 53.4 Å². The van der Waals surface area contributed by atoms with Crippen molar-refractivity contribution >= 4 is 23.4 Å². The fraction of sp³-hybridized carbons (Fsp3) is 0.846. The van der Waals surface area contributed by atoms with Gasteiger partial charge in [-0.3, -0.25) is 19.2 Å². The van der Waals surface area contributed by atoms with Crippen LogP contribution >= 0.6 is 0 Å². The van der Waals surface area contributed by atoms with E-state index in [0.717, 1.165) is 0 Å². The van der Waals surface area contributed by atoms with Crippen LogP contribution < -0.4 is 0 Å². The number of carbonyl (C=O) groups is 4. The minimum absolute atomic E-state index is 0.0180. The average Bonchev–Trinajstić information content (AvgIpc) is 2.83. The Balaban J connectivity index is 3.49. The van der Waals surface area contributed by atoms with E-state index in [4.69, 9.17) is 18.9 Å². The number of nitrogens with zero attached hydrogens (tertiary/aromatic N) is 2. The maximum absolute atomic E-state index is 12.0. The molecule has 0 aliphatic carbocycles. The zero-order valence-corrected chi connectivity index (χ0v) is 23.2. The van der Waals surface area contributed by atoms with Crippen molar-refractivity contribution in [3.05, 3.63) is 0 Å². The van der Waals surface area contributed by atoms with Crippen LogP contribution in [0.1, 0.15) is 53.4 Å². The molecule has 0 aromatic heterocycles. The monoisotopic (exact) mass is 516 g/mol. The second-order valence-corrected chi connectivity index (χ2v) is 9.36. The van der Waals surface area contributed by atoms with Crippen LogP contribution in [-0.2, 0) is 38.1 Å². The Kier molecular flexibility index (Phi) is 20.1. The first-order chi connectivity index (χ1) is 17.1. The van der Waals surface area contributed by atoms with Crippen LogP contribution in [0, 0.1) is 11.8 Å². The van der Waals surface area contributed by atoms with Crippen LogP contribution in [0.15, 0.2) is 0 Å². The molecule has 0 heterocycles. The number of hydrogen-bond acceptors (Lipinski definition) is 8. The molecular formula is C26H48N2O8. The molecule has 0 rings (SSSR count). The molecule has 0 saturated carbocycles. The molecule has 0 aromatic rings. The lowest BCUT2D eigenvalue weighted by Gasteiger charge is -2.17. The smallest absolute Gasteiger partial charge is 0.225 e. The summed E-state index contributed by atoms with van der Waals surface area (Å²) in [5.74, 6) is 0.0651. The van der Waals surface area contributed by atoms with Gasteiger partial charge in [0.05, 0.1) is 65.8 Å². The SMILES string of the molecule is CC(C)C(=O)CCCC(=O)N(C)CCOCCOCCOCCOCCC(=O)N(C)CC(=O)C(C)C. The van der Waals surface area contributed by atoms with Crippen LogP contribution in [0.2, 0.25) is 0 Å². The molecule has 0 radical (unpaired) electrons. The van der Waals surface area contributed by atoms with Crippen molar-refractivity contribution in [3.63, 3.8) is 0 Å². The van der Waals surface area contributed by atoms with E-state index in [9.17, 15) is 19.2 Å². The highest BCUT2D eigenvalue weighted by Gasteiger charge is 2.15. The maximum Gasteiger partial charge on any atom is 0.225 e. The molecule has 0 atom stereocenters. The fourth-order valence-corrected chi connectivity index (χ4v) is 2.84. The van der Waals surface area contributed by atoms with Gasteiger partial charge in [-0.1, -0.05) is 27.7 Å². The number of amides is 2. The molecule has 0 N–H and O–H groups in total. The summed E-state index contributed by atoms with van der Waals surface area (Å²) in [6.07, 6.45) is 1.64. The summed E-state index contributed by atoms with van der Waals surface area (Å²) in [6, 6.07) is 0.